The molecule has 190 valence electrons. The molecule has 0 bridgehead atoms. The van der Waals surface area contributed by atoms with Gasteiger partial charge in [-0.2, -0.15) is 13.5 Å². The molecule has 0 radical (unpaired) electrons. The van der Waals surface area contributed by atoms with Crippen molar-refractivity contribution in [2.75, 3.05) is 12.4 Å². The summed E-state index contributed by atoms with van der Waals surface area (Å²) in [6.07, 6.45) is 0. The van der Waals surface area contributed by atoms with Gasteiger partial charge in [-0.05, 0) is 42.1 Å². The summed E-state index contributed by atoms with van der Waals surface area (Å²) < 4.78 is 38.7. The number of carbonyl (C=O) groups is 1. The van der Waals surface area contributed by atoms with Crippen molar-refractivity contribution in [1.29, 1.82) is 0 Å². The molecule has 4 aromatic rings. The molecule has 38 heavy (non-hydrogen) atoms. The van der Waals surface area contributed by atoms with E-state index < -0.39 is 26.7 Å². The minimum absolute atomic E-state index is 0. The first-order valence-corrected chi connectivity index (χ1v) is 12.8. The molecule has 0 aliphatic rings. The average Bonchev–Trinajstić information content (AvgIpc) is 2.85. The number of methoxy groups -OCH3 is 1. The Bertz CT molecular complexity index is 1700. The van der Waals surface area contributed by atoms with Crippen LogP contribution in [0.1, 0.15) is 15.9 Å². The van der Waals surface area contributed by atoms with Gasteiger partial charge in [0.25, 0.3) is 16.0 Å². The Morgan fingerprint density at radius 3 is 2.45 bits per heavy atom. The fourth-order valence-electron chi connectivity index (χ4n) is 3.57. The molecular weight excluding hydrogens is 564 g/mol. The third kappa shape index (κ3) is 6.13. The van der Waals surface area contributed by atoms with Crippen molar-refractivity contribution in [2.24, 2.45) is 10.2 Å². The zero-order valence-electron chi connectivity index (χ0n) is 20.3. The second-order valence-electron chi connectivity index (χ2n) is 7.84. The summed E-state index contributed by atoms with van der Waals surface area (Å²) in [5, 5.41) is 24.8. The van der Waals surface area contributed by atoms with E-state index in [-0.39, 0.29) is 62.2 Å². The van der Waals surface area contributed by atoms with Crippen LogP contribution in [0.25, 0.3) is 10.8 Å². The van der Waals surface area contributed by atoms with Gasteiger partial charge in [0.2, 0.25) is 0 Å². The number of fused-ring (bicyclic) bond motifs is 1. The van der Waals surface area contributed by atoms with Crippen molar-refractivity contribution in [3.8, 4) is 11.5 Å². The second kappa shape index (κ2) is 12.0. The van der Waals surface area contributed by atoms with Crippen molar-refractivity contribution in [2.45, 2.75) is 11.8 Å². The zero-order valence-corrected chi connectivity index (χ0v) is 24.6. The number of nitrogens with zero attached hydrogens (tertiary/aromatic N) is 2. The molecule has 0 spiro atoms. The molecule has 13 heteroatoms. The maximum Gasteiger partial charge on any atom is 1.00 e. The minimum atomic E-state index is -4.76. The molecule has 1 amide bonds. The summed E-state index contributed by atoms with van der Waals surface area (Å²) in [5.41, 5.74) is -0.118. The van der Waals surface area contributed by atoms with E-state index in [4.69, 9.17) is 27.9 Å². The first-order chi connectivity index (χ1) is 17.5. The largest absolute Gasteiger partial charge is 1.00 e. The number of nitrogens with one attached hydrogen (secondary N) is 1. The minimum Gasteiger partial charge on any atom is -0.870 e. The maximum absolute atomic E-state index is 13.4. The van der Waals surface area contributed by atoms with Crippen molar-refractivity contribution in [3.63, 3.8) is 0 Å². The van der Waals surface area contributed by atoms with Gasteiger partial charge in [-0.15, -0.1) is 5.11 Å². The average molecular weight is 582 g/mol. The molecule has 4 aromatic carbocycles. The van der Waals surface area contributed by atoms with Gasteiger partial charge in [-0.3, -0.25) is 9.35 Å². The van der Waals surface area contributed by atoms with Gasteiger partial charge in [0.05, 0.1) is 28.5 Å². The molecule has 0 saturated heterocycles. The number of anilines is 1. The number of ether oxygens (including phenoxy) is 1. The van der Waals surface area contributed by atoms with Crippen LogP contribution in [0.15, 0.2) is 75.8 Å². The number of aryl methyl sites for hydroxylation is 1. The van der Waals surface area contributed by atoms with E-state index in [1.807, 2.05) is 0 Å². The normalized spacial score (nSPS) is 11.4. The number of hydrogen-bond donors (Lipinski definition) is 2. The molecule has 0 atom stereocenters. The van der Waals surface area contributed by atoms with Gasteiger partial charge in [-0.25, -0.2) is 0 Å². The molecule has 0 heterocycles. The Hall–Kier alpha value is -2.70. The van der Waals surface area contributed by atoms with Crippen LogP contribution < -0.4 is 44.7 Å². The molecule has 4 rings (SSSR count). The number of benzene rings is 4. The van der Waals surface area contributed by atoms with Gasteiger partial charge in [0, 0.05) is 17.0 Å². The van der Waals surface area contributed by atoms with Crippen LogP contribution in [0.3, 0.4) is 0 Å². The van der Waals surface area contributed by atoms with E-state index in [0.717, 1.165) is 0 Å². The van der Waals surface area contributed by atoms with Crippen LogP contribution in [0.4, 0.5) is 17.1 Å². The fraction of sp³-hybridized carbons (Fsp3) is 0.0800. The van der Waals surface area contributed by atoms with Gasteiger partial charge < -0.3 is 15.2 Å². The first kappa shape index (κ1) is 29.9. The monoisotopic (exact) mass is 581 g/mol. The Balaban J connectivity index is 0.00000400. The van der Waals surface area contributed by atoms with Crippen molar-refractivity contribution in [3.05, 3.63) is 81.8 Å². The molecule has 0 aliphatic carbocycles. The zero-order chi connectivity index (χ0) is 26.9. The fourth-order valence-corrected chi connectivity index (χ4v) is 4.94. The first-order valence-electron chi connectivity index (χ1n) is 10.6. The topological polar surface area (TPSA) is 140 Å². The van der Waals surface area contributed by atoms with Crippen LogP contribution in [-0.4, -0.2) is 26.0 Å². The number of carbonyl (C=O) groups excluding carboxylic acids is 1. The number of hydrogen-bond acceptors (Lipinski definition) is 7. The molecule has 0 fully saturated rings. The molecule has 0 aliphatic heterocycles. The summed E-state index contributed by atoms with van der Waals surface area (Å²) >= 11 is 12.3. The Morgan fingerprint density at radius 2 is 1.76 bits per heavy atom. The molecule has 9 nitrogen and oxygen atoms in total. The number of rotatable bonds is 6. The van der Waals surface area contributed by atoms with E-state index in [9.17, 15) is 22.9 Å². The quantitative estimate of drug-likeness (QED) is 0.203. The van der Waals surface area contributed by atoms with Gasteiger partial charge >= 0.3 is 29.6 Å². The van der Waals surface area contributed by atoms with Crippen LogP contribution in [0.2, 0.25) is 10.0 Å². The predicted molar refractivity (Wildman–Crippen MR) is 140 cm³/mol. The van der Waals surface area contributed by atoms with E-state index in [2.05, 4.69) is 15.5 Å². The number of amides is 1. The number of azo groups is 1. The van der Waals surface area contributed by atoms with Crippen LogP contribution >= 0.6 is 23.2 Å². The standard InChI is InChI=1S/C25H19Cl2N3O6S.Na/c1-13-7-10-19(24(21(13)27)37(33,34)35)29-30-22-16-6-4-3-5-14(16)11-17(23(22)31)25(32)28-20-12-15(36-2)8-9-18(20)26;/h3-12,31H,1-2H3,(H,28,32)(H,33,34,35);/q;+1/p-1. The summed E-state index contributed by atoms with van der Waals surface area (Å²) in [6.45, 7) is 1.55. The van der Waals surface area contributed by atoms with Crippen LogP contribution in [0.5, 0.6) is 11.5 Å². The van der Waals surface area contributed by atoms with Crippen LogP contribution in [-0.2, 0) is 10.1 Å². The van der Waals surface area contributed by atoms with Crippen molar-refractivity contribution < 1.29 is 57.2 Å². The van der Waals surface area contributed by atoms with Crippen molar-refractivity contribution >= 4 is 67.1 Å². The third-order valence-corrected chi connectivity index (χ3v) is 7.28. The Kier molecular flexibility index (Phi) is 9.43. The summed E-state index contributed by atoms with van der Waals surface area (Å²) in [6, 6.07) is 15.5. The molecule has 0 unspecified atom stereocenters. The number of halogens is 2. The molecular formula is C25H18Cl2N3NaO6S. The third-order valence-electron chi connectivity index (χ3n) is 5.43. The molecule has 0 aromatic heterocycles. The Labute approximate surface area is 250 Å². The smallest absolute Gasteiger partial charge is 0.870 e. The van der Waals surface area contributed by atoms with E-state index in [1.54, 1.807) is 37.3 Å². The Morgan fingerprint density at radius 1 is 1.05 bits per heavy atom. The SMILES string of the molecule is COc1ccc(Cl)c(NC(=O)c2cc3ccccc3c(N=Nc3ccc(C)c(Cl)c3S(=O)(=O)O)c2[O-])c1.[Na+]. The van der Waals surface area contributed by atoms with Gasteiger partial charge in [0.15, 0.2) is 0 Å². The summed E-state index contributed by atoms with van der Waals surface area (Å²) in [7, 11) is -3.30. The van der Waals surface area contributed by atoms with Crippen LogP contribution in [0, 0.1) is 6.92 Å². The summed E-state index contributed by atoms with van der Waals surface area (Å²) in [4.78, 5) is 12.5. The predicted octanol–water partition coefficient (Wildman–Crippen LogP) is 3.46. The maximum atomic E-state index is 13.4. The van der Waals surface area contributed by atoms with Gasteiger partial charge in [0.1, 0.15) is 16.3 Å². The van der Waals surface area contributed by atoms with E-state index in [1.165, 1.54) is 37.4 Å². The van der Waals surface area contributed by atoms with Gasteiger partial charge in [-0.1, -0.05) is 59.3 Å². The molecule has 0 saturated carbocycles. The van der Waals surface area contributed by atoms with Crippen molar-refractivity contribution in [1.82, 2.24) is 0 Å². The second-order valence-corrected chi connectivity index (χ2v) is 9.99. The molecule has 2 N–H and O–H groups in total. The summed E-state index contributed by atoms with van der Waals surface area (Å²) in [5.74, 6) is -1.06. The van der Waals surface area contributed by atoms with E-state index >= 15 is 0 Å². The van der Waals surface area contributed by atoms with E-state index in [0.29, 0.717) is 22.1 Å².